The zero-order valence-electron chi connectivity index (χ0n) is 8.10. The fourth-order valence-electron chi connectivity index (χ4n) is 1.81. The quantitative estimate of drug-likeness (QED) is 0.560. The predicted octanol–water partition coefficient (Wildman–Crippen LogP) is 4.32. The predicted molar refractivity (Wildman–Crippen MR) is 65.2 cm³/mol. The van der Waals surface area contributed by atoms with E-state index in [0.717, 1.165) is 0 Å². The van der Waals surface area contributed by atoms with Gasteiger partial charge in [0.2, 0.25) is 0 Å². The molecule has 0 bridgehead atoms. The van der Waals surface area contributed by atoms with Crippen molar-refractivity contribution in [1.82, 2.24) is 0 Å². The van der Waals surface area contributed by atoms with Crippen molar-refractivity contribution >= 4 is 11.3 Å². The number of rotatable bonds is 1. The van der Waals surface area contributed by atoms with Gasteiger partial charge in [0.05, 0.1) is 0 Å². The van der Waals surface area contributed by atoms with Gasteiger partial charge in [0.25, 0.3) is 0 Å². The average Bonchev–Trinajstić information content (AvgIpc) is 2.74. The Bertz CT molecular complexity index is 536. The van der Waals surface area contributed by atoms with Gasteiger partial charge in [-0.15, -0.1) is 0 Å². The molecule has 1 aliphatic heterocycles. The van der Waals surface area contributed by atoms with Crippen LogP contribution in [0.3, 0.4) is 0 Å². The molecule has 0 N–H and O–H groups in total. The molecular weight excluding hydrogens is 200 g/mol. The van der Waals surface area contributed by atoms with E-state index in [4.69, 9.17) is 0 Å². The highest BCUT2D eigenvalue weighted by Crippen LogP contribution is 2.35. The van der Waals surface area contributed by atoms with Crippen molar-refractivity contribution < 1.29 is 0 Å². The zero-order valence-corrected chi connectivity index (χ0v) is 8.92. The van der Waals surface area contributed by atoms with Crippen LogP contribution in [0.4, 0.5) is 0 Å². The molecule has 0 saturated heterocycles. The summed E-state index contributed by atoms with van der Waals surface area (Å²) >= 11 is 1.73. The second kappa shape index (κ2) is 3.52. The van der Waals surface area contributed by atoms with Gasteiger partial charge in [0.1, 0.15) is 0 Å². The van der Waals surface area contributed by atoms with Gasteiger partial charge >= 0.3 is 0 Å². The van der Waals surface area contributed by atoms with E-state index in [2.05, 4.69) is 47.2 Å². The monoisotopic (exact) mass is 209 g/mol. The highest BCUT2D eigenvalue weighted by Gasteiger charge is 2.09. The molecule has 1 aliphatic carbocycles. The molecule has 0 saturated carbocycles. The lowest BCUT2D eigenvalue weighted by Gasteiger charge is -2.02. The molecule has 0 atom stereocenters. The molecule has 0 aromatic heterocycles. The SMILES string of the molecule is [c]1ccccc1-c1ccc2csccc1-2. The summed E-state index contributed by atoms with van der Waals surface area (Å²) in [5.74, 6) is 0. The highest BCUT2D eigenvalue weighted by atomic mass is 32.1. The van der Waals surface area contributed by atoms with Crippen LogP contribution in [-0.4, -0.2) is 0 Å². The topological polar surface area (TPSA) is 0 Å². The minimum Gasteiger partial charge on any atom is -0.152 e. The third-order valence-electron chi connectivity index (χ3n) is 2.54. The summed E-state index contributed by atoms with van der Waals surface area (Å²) < 4.78 is 0. The van der Waals surface area contributed by atoms with Crippen molar-refractivity contribution in [2.45, 2.75) is 0 Å². The van der Waals surface area contributed by atoms with Gasteiger partial charge in [-0.25, -0.2) is 0 Å². The fraction of sp³-hybridized carbons (Fsp3) is 0. The van der Waals surface area contributed by atoms with E-state index in [9.17, 15) is 0 Å². The molecule has 0 spiro atoms. The van der Waals surface area contributed by atoms with Crippen LogP contribution in [0.25, 0.3) is 22.3 Å². The molecule has 1 radical (unpaired) electrons. The summed E-state index contributed by atoms with van der Waals surface area (Å²) in [5, 5.41) is 4.30. The number of hydrogen-bond donors (Lipinski definition) is 0. The van der Waals surface area contributed by atoms with Crippen LogP contribution in [0.15, 0.2) is 53.2 Å². The summed E-state index contributed by atoms with van der Waals surface area (Å²) in [6, 6.07) is 17.9. The molecule has 2 aliphatic rings. The molecular formula is C14H9S. The first kappa shape index (κ1) is 8.69. The third kappa shape index (κ3) is 1.45. The van der Waals surface area contributed by atoms with E-state index < -0.39 is 0 Å². The minimum absolute atomic E-state index is 1.17. The molecule has 1 heteroatoms. The van der Waals surface area contributed by atoms with Crippen LogP contribution in [0.2, 0.25) is 0 Å². The minimum atomic E-state index is 1.17. The Morgan fingerprint density at radius 2 is 1.93 bits per heavy atom. The van der Waals surface area contributed by atoms with Crippen molar-refractivity contribution in [3.63, 3.8) is 0 Å². The van der Waals surface area contributed by atoms with Crippen molar-refractivity contribution in [3.8, 4) is 22.3 Å². The molecule has 71 valence electrons. The van der Waals surface area contributed by atoms with E-state index in [1.807, 2.05) is 12.1 Å². The van der Waals surface area contributed by atoms with Crippen LogP contribution in [0.5, 0.6) is 0 Å². The average molecular weight is 209 g/mol. The van der Waals surface area contributed by atoms with Crippen LogP contribution in [-0.2, 0) is 0 Å². The first-order valence-electron chi connectivity index (χ1n) is 4.87. The first-order chi connectivity index (χ1) is 7.45. The lowest BCUT2D eigenvalue weighted by Crippen LogP contribution is -1.76. The second-order valence-electron chi connectivity index (χ2n) is 3.45. The molecule has 1 heterocycles. The summed E-state index contributed by atoms with van der Waals surface area (Å²) in [6.07, 6.45) is 0. The van der Waals surface area contributed by atoms with E-state index in [1.54, 1.807) is 11.3 Å². The smallest absolute Gasteiger partial charge is 0.00148 e. The van der Waals surface area contributed by atoms with Crippen molar-refractivity contribution in [1.29, 1.82) is 0 Å². The molecule has 0 amide bonds. The van der Waals surface area contributed by atoms with Gasteiger partial charge in [-0.05, 0) is 45.1 Å². The van der Waals surface area contributed by atoms with Crippen LogP contribution in [0.1, 0.15) is 0 Å². The maximum atomic E-state index is 3.27. The Hall–Kier alpha value is -1.60. The summed E-state index contributed by atoms with van der Waals surface area (Å²) in [7, 11) is 0. The van der Waals surface area contributed by atoms with Crippen LogP contribution in [0, 0.1) is 6.07 Å². The van der Waals surface area contributed by atoms with Gasteiger partial charge in [-0.3, -0.25) is 0 Å². The van der Waals surface area contributed by atoms with E-state index in [-0.39, 0.29) is 0 Å². The summed E-state index contributed by atoms with van der Waals surface area (Å²) in [5.41, 5.74) is 5.08. The number of benzene rings is 1. The zero-order chi connectivity index (χ0) is 10.1. The number of hydrogen-bond acceptors (Lipinski definition) is 1. The van der Waals surface area contributed by atoms with Gasteiger partial charge in [-0.1, -0.05) is 36.4 Å². The Kier molecular flexibility index (Phi) is 2.04. The molecule has 0 unspecified atom stereocenters. The molecule has 3 rings (SSSR count). The molecule has 1 aromatic rings. The molecule has 0 nitrogen and oxygen atoms in total. The van der Waals surface area contributed by atoms with Crippen LogP contribution >= 0.6 is 11.3 Å². The maximum absolute atomic E-state index is 3.27. The van der Waals surface area contributed by atoms with E-state index in [0.29, 0.717) is 0 Å². The largest absolute Gasteiger partial charge is 0.152 e. The van der Waals surface area contributed by atoms with Crippen molar-refractivity contribution in [2.75, 3.05) is 0 Å². The summed E-state index contributed by atoms with van der Waals surface area (Å²) in [6.45, 7) is 0. The molecule has 1 aromatic carbocycles. The lowest BCUT2D eigenvalue weighted by molar-refractivity contribution is 1.65. The Morgan fingerprint density at radius 3 is 2.80 bits per heavy atom. The van der Waals surface area contributed by atoms with Crippen molar-refractivity contribution in [2.24, 2.45) is 0 Å². The standard InChI is InChI=1S/C14H9S/c1-2-4-11(5-3-1)13-7-6-12-10-15-9-8-14(12)13/h1-4,6-10H. The van der Waals surface area contributed by atoms with E-state index >= 15 is 0 Å². The van der Waals surface area contributed by atoms with Gasteiger partial charge in [0.15, 0.2) is 0 Å². The summed E-state index contributed by atoms with van der Waals surface area (Å²) in [4.78, 5) is 0. The fourth-order valence-corrected chi connectivity index (χ4v) is 2.46. The second-order valence-corrected chi connectivity index (χ2v) is 4.23. The Balaban J connectivity index is 2.22. The van der Waals surface area contributed by atoms with E-state index in [1.165, 1.54) is 22.3 Å². The van der Waals surface area contributed by atoms with Gasteiger partial charge in [-0.2, -0.15) is 11.3 Å². The normalized spacial score (nSPS) is 10.7. The van der Waals surface area contributed by atoms with Crippen molar-refractivity contribution in [3.05, 3.63) is 59.3 Å². The van der Waals surface area contributed by atoms with Gasteiger partial charge in [0, 0.05) is 0 Å². The highest BCUT2D eigenvalue weighted by molar-refractivity contribution is 7.07. The molecule has 15 heavy (non-hydrogen) atoms. The third-order valence-corrected chi connectivity index (χ3v) is 3.22. The molecule has 0 fully saturated rings. The maximum Gasteiger partial charge on any atom is -0.00148 e. The lowest BCUT2D eigenvalue weighted by atomic mass is 10.0. The van der Waals surface area contributed by atoms with Gasteiger partial charge < -0.3 is 0 Å². The number of fused-ring (bicyclic) bond motifs is 1. The van der Waals surface area contributed by atoms with Crippen LogP contribution < -0.4 is 0 Å². The first-order valence-corrected chi connectivity index (χ1v) is 5.81. The Labute approximate surface area is 93.2 Å². The Morgan fingerprint density at radius 1 is 0.933 bits per heavy atom.